The Bertz CT molecular complexity index is 653. The maximum Gasteiger partial charge on any atom is 0.328 e. The van der Waals surface area contributed by atoms with Gasteiger partial charge in [-0.3, -0.25) is 9.40 Å². The Hall–Kier alpha value is -1.16. The van der Waals surface area contributed by atoms with Gasteiger partial charge < -0.3 is 4.52 Å². The molecule has 22 heavy (non-hydrogen) atoms. The van der Waals surface area contributed by atoms with E-state index < -0.39 is 7.37 Å². The summed E-state index contributed by atoms with van der Waals surface area (Å²) >= 11 is 3.44. The predicted octanol–water partition coefficient (Wildman–Crippen LogP) is 3.69. The van der Waals surface area contributed by atoms with Crippen LogP contribution in [0.1, 0.15) is 19.5 Å². The molecular weight excluding hydrogens is 365 g/mol. The summed E-state index contributed by atoms with van der Waals surface area (Å²) in [6, 6.07) is 3.63. The second-order valence-electron chi connectivity index (χ2n) is 4.44. The number of hydrogen-bond donors (Lipinski definition) is 0. The molecule has 1 rings (SSSR count). The number of aromatic nitrogens is 1. The standard InChI is InChI=1S/C16H22BrNO3P/c1-6-9-10-15(7-2)22(19,21-8-3)16-12-14(17)11-13(4)18(16)20-5/h6-7,9-12H,2,8H2,1,3-5H3/q+1. The first-order valence-corrected chi connectivity index (χ1v) is 9.34. The number of pyridine rings is 1. The highest BCUT2D eigenvalue weighted by Gasteiger charge is 2.40. The largest absolute Gasteiger partial charge is 0.328 e. The summed E-state index contributed by atoms with van der Waals surface area (Å²) in [7, 11) is -1.79. The van der Waals surface area contributed by atoms with E-state index in [0.717, 1.165) is 10.2 Å². The van der Waals surface area contributed by atoms with Crippen molar-refractivity contribution in [2.45, 2.75) is 20.8 Å². The zero-order chi connectivity index (χ0) is 16.8. The van der Waals surface area contributed by atoms with Crippen molar-refractivity contribution in [2.24, 2.45) is 0 Å². The van der Waals surface area contributed by atoms with E-state index in [-0.39, 0.29) is 0 Å². The lowest BCUT2D eigenvalue weighted by molar-refractivity contribution is -0.876. The molecular formula is C16H22BrNO3P+. The van der Waals surface area contributed by atoms with E-state index in [2.05, 4.69) is 22.5 Å². The Kier molecular flexibility index (Phi) is 7.27. The minimum absolute atomic E-state index is 0.313. The van der Waals surface area contributed by atoms with Crippen molar-refractivity contribution in [3.05, 3.63) is 58.5 Å². The van der Waals surface area contributed by atoms with Crippen LogP contribution in [0.25, 0.3) is 0 Å². The van der Waals surface area contributed by atoms with Gasteiger partial charge in [0.2, 0.25) is 5.69 Å². The molecule has 4 nitrogen and oxygen atoms in total. The fraction of sp³-hybridized carbons (Fsp3) is 0.312. The molecule has 0 aliphatic carbocycles. The van der Waals surface area contributed by atoms with Crippen molar-refractivity contribution in [2.75, 3.05) is 13.7 Å². The molecule has 0 aromatic carbocycles. The number of allylic oxidation sites excluding steroid dienone is 5. The molecule has 0 spiro atoms. The molecule has 0 radical (unpaired) electrons. The molecule has 1 heterocycles. The molecule has 120 valence electrons. The van der Waals surface area contributed by atoms with E-state index in [1.165, 1.54) is 11.8 Å². The lowest BCUT2D eigenvalue weighted by Crippen LogP contribution is -2.56. The molecule has 1 atom stereocenters. The van der Waals surface area contributed by atoms with E-state index in [9.17, 15) is 4.57 Å². The van der Waals surface area contributed by atoms with Gasteiger partial charge in [-0.25, -0.2) is 0 Å². The molecule has 0 amide bonds. The van der Waals surface area contributed by atoms with Crippen molar-refractivity contribution in [1.29, 1.82) is 0 Å². The lowest BCUT2D eigenvalue weighted by atomic mass is 10.4. The highest BCUT2D eigenvalue weighted by Crippen LogP contribution is 2.53. The summed E-state index contributed by atoms with van der Waals surface area (Å²) in [5, 5.41) is 0.524. The fourth-order valence-corrected chi connectivity index (χ4v) is 4.99. The highest BCUT2D eigenvalue weighted by molar-refractivity contribution is 9.10. The Balaban J connectivity index is 3.68. The van der Waals surface area contributed by atoms with Crippen LogP contribution >= 0.6 is 23.3 Å². The Morgan fingerprint density at radius 1 is 1.50 bits per heavy atom. The molecule has 0 fully saturated rings. The molecule has 0 N–H and O–H groups in total. The maximum absolute atomic E-state index is 13.6. The smallest absolute Gasteiger partial charge is 0.318 e. The topological polar surface area (TPSA) is 39.4 Å². The third kappa shape index (κ3) is 3.97. The van der Waals surface area contributed by atoms with Crippen LogP contribution in [0.4, 0.5) is 0 Å². The normalized spacial score (nSPS) is 14.9. The van der Waals surface area contributed by atoms with Gasteiger partial charge in [-0.05, 0) is 19.9 Å². The molecule has 6 heteroatoms. The van der Waals surface area contributed by atoms with Gasteiger partial charge in [0.1, 0.15) is 7.11 Å². The van der Waals surface area contributed by atoms with E-state index in [0.29, 0.717) is 17.4 Å². The highest BCUT2D eigenvalue weighted by atomic mass is 79.9. The van der Waals surface area contributed by atoms with Crippen LogP contribution in [-0.4, -0.2) is 13.7 Å². The molecule has 0 aliphatic rings. The van der Waals surface area contributed by atoms with Crippen LogP contribution in [0.15, 0.2) is 52.8 Å². The first-order valence-electron chi connectivity index (χ1n) is 6.92. The maximum atomic E-state index is 13.6. The first-order chi connectivity index (χ1) is 10.4. The predicted molar refractivity (Wildman–Crippen MR) is 93.5 cm³/mol. The first kappa shape index (κ1) is 18.9. The van der Waals surface area contributed by atoms with E-state index >= 15 is 0 Å². The van der Waals surface area contributed by atoms with E-state index in [4.69, 9.17) is 9.36 Å². The van der Waals surface area contributed by atoms with Crippen LogP contribution < -0.4 is 15.0 Å². The molecule has 1 unspecified atom stereocenters. The summed E-state index contributed by atoms with van der Waals surface area (Å²) < 4.78 is 21.6. The van der Waals surface area contributed by atoms with Crippen LogP contribution in [-0.2, 0) is 9.09 Å². The van der Waals surface area contributed by atoms with E-state index in [1.807, 2.05) is 39.0 Å². The van der Waals surface area contributed by atoms with Gasteiger partial charge in [-0.2, -0.15) is 0 Å². The van der Waals surface area contributed by atoms with Gasteiger partial charge >= 0.3 is 12.8 Å². The van der Waals surface area contributed by atoms with Crippen molar-refractivity contribution >= 4 is 28.7 Å². The minimum Gasteiger partial charge on any atom is -0.318 e. The Labute approximate surface area is 140 Å². The Morgan fingerprint density at radius 3 is 2.68 bits per heavy atom. The van der Waals surface area contributed by atoms with Crippen molar-refractivity contribution in [3.8, 4) is 0 Å². The second kappa shape index (κ2) is 8.47. The van der Waals surface area contributed by atoms with Crippen LogP contribution in [0.3, 0.4) is 0 Å². The molecule has 1 aromatic heterocycles. The summed E-state index contributed by atoms with van der Waals surface area (Å²) in [6.07, 6.45) is 6.98. The molecule has 0 aliphatic heterocycles. The Morgan fingerprint density at radius 2 is 2.18 bits per heavy atom. The lowest BCUT2D eigenvalue weighted by Gasteiger charge is -2.16. The molecule has 0 saturated carbocycles. The van der Waals surface area contributed by atoms with Crippen molar-refractivity contribution < 1.29 is 18.7 Å². The molecule has 1 aromatic rings. The van der Waals surface area contributed by atoms with Crippen molar-refractivity contribution in [3.63, 3.8) is 0 Å². The summed E-state index contributed by atoms with van der Waals surface area (Å²) in [5.41, 5.74) is 1.26. The quantitative estimate of drug-likeness (QED) is 0.407. The average Bonchev–Trinajstić information content (AvgIpc) is 2.47. The molecule has 0 saturated heterocycles. The average molecular weight is 387 g/mol. The van der Waals surface area contributed by atoms with Crippen LogP contribution in [0.2, 0.25) is 0 Å². The number of hydrogen-bond acceptors (Lipinski definition) is 3. The summed E-state index contributed by atoms with van der Waals surface area (Å²) in [5.74, 6) is 0. The van der Waals surface area contributed by atoms with Gasteiger partial charge in [0.15, 0.2) is 0 Å². The number of rotatable bonds is 7. The van der Waals surface area contributed by atoms with Gasteiger partial charge in [0.25, 0.3) is 0 Å². The van der Waals surface area contributed by atoms with Crippen LogP contribution in [0, 0.1) is 6.92 Å². The summed E-state index contributed by atoms with van der Waals surface area (Å²) in [6.45, 7) is 9.66. The minimum atomic E-state index is -3.32. The van der Waals surface area contributed by atoms with Gasteiger partial charge in [0, 0.05) is 33.6 Å². The zero-order valence-electron chi connectivity index (χ0n) is 13.4. The SMILES string of the molecule is C=CC(=CC=CC)P(=O)(OCC)c1cc(Br)cc(C)[n+]1OC. The second-order valence-corrected chi connectivity index (χ2v) is 7.69. The zero-order valence-corrected chi connectivity index (χ0v) is 15.9. The monoisotopic (exact) mass is 386 g/mol. The fourth-order valence-electron chi connectivity index (χ4n) is 2.04. The number of nitrogens with zero attached hydrogens (tertiary/aromatic N) is 1. The third-order valence-electron chi connectivity index (χ3n) is 2.95. The van der Waals surface area contributed by atoms with Crippen LogP contribution in [0.5, 0.6) is 0 Å². The van der Waals surface area contributed by atoms with Gasteiger partial charge in [-0.15, -0.1) is 0 Å². The third-order valence-corrected chi connectivity index (χ3v) is 5.95. The number of halogens is 1. The van der Waals surface area contributed by atoms with Crippen molar-refractivity contribution in [1.82, 2.24) is 0 Å². The van der Waals surface area contributed by atoms with Gasteiger partial charge in [-0.1, -0.05) is 40.7 Å². The van der Waals surface area contributed by atoms with E-state index in [1.54, 1.807) is 18.2 Å². The summed E-state index contributed by atoms with van der Waals surface area (Å²) in [4.78, 5) is 5.39. The van der Waals surface area contributed by atoms with Gasteiger partial charge in [0.05, 0.1) is 6.61 Å². The molecule has 0 bridgehead atoms. The number of aryl methyl sites for hydroxylation is 1.